The molecule has 1 rings (SSSR count). The van der Waals surface area contributed by atoms with E-state index in [9.17, 15) is 30.4 Å². The summed E-state index contributed by atoms with van der Waals surface area (Å²) in [6.45, 7) is 4.48. The van der Waals surface area contributed by atoms with Crippen molar-refractivity contribution in [1.29, 1.82) is 0 Å². The van der Waals surface area contributed by atoms with Gasteiger partial charge in [0.05, 0.1) is 6.61 Å². The van der Waals surface area contributed by atoms with Crippen LogP contribution in [0.25, 0.3) is 5.57 Å². The van der Waals surface area contributed by atoms with Gasteiger partial charge in [0.2, 0.25) is 6.10 Å². The Balaban J connectivity index is 3.07. The maximum absolute atomic E-state index is 13.3. The number of halogens is 6. The van der Waals surface area contributed by atoms with Crippen molar-refractivity contribution in [2.24, 2.45) is 0 Å². The van der Waals surface area contributed by atoms with Gasteiger partial charge in [0, 0.05) is 3.57 Å². The summed E-state index contributed by atoms with van der Waals surface area (Å²) < 4.78 is 98.9. The zero-order valence-corrected chi connectivity index (χ0v) is 15.0. The second-order valence-electron chi connectivity index (χ2n) is 4.86. The standard InChI is InChI=1S/C13H12F5IO4S/c1-7(2)9-4-3-8(5-10(9)19)6-23-11(12(14,15)16)13(17,18)24(20,21)22/h3-5,11H,1,6H2,2H3,(H,20,21,22). The van der Waals surface area contributed by atoms with Crippen LogP contribution in [0.5, 0.6) is 0 Å². The Morgan fingerprint density at radius 3 is 2.25 bits per heavy atom. The molecule has 4 nitrogen and oxygen atoms in total. The summed E-state index contributed by atoms with van der Waals surface area (Å²) in [6, 6.07) is 4.25. The lowest BCUT2D eigenvalue weighted by molar-refractivity contribution is -0.267. The molecule has 0 aromatic heterocycles. The van der Waals surface area contributed by atoms with Crippen LogP contribution >= 0.6 is 22.6 Å². The molecule has 0 aliphatic heterocycles. The minimum atomic E-state index is -6.31. The first-order chi connectivity index (χ1) is 10.7. The summed E-state index contributed by atoms with van der Waals surface area (Å²) in [5.74, 6) is 0. The third-order valence-electron chi connectivity index (χ3n) is 2.86. The molecule has 1 aromatic rings. The molecule has 0 heterocycles. The van der Waals surface area contributed by atoms with Gasteiger partial charge < -0.3 is 4.74 Å². The van der Waals surface area contributed by atoms with Gasteiger partial charge in [0.15, 0.2) is 0 Å². The second kappa shape index (κ2) is 7.22. The number of allylic oxidation sites excluding steroid dienone is 1. The molecule has 0 bridgehead atoms. The highest BCUT2D eigenvalue weighted by Gasteiger charge is 2.64. The Labute approximate surface area is 148 Å². The lowest BCUT2D eigenvalue weighted by atomic mass is 10.1. The molecule has 0 fully saturated rings. The Morgan fingerprint density at radius 1 is 1.33 bits per heavy atom. The van der Waals surface area contributed by atoms with Crippen molar-refractivity contribution in [3.05, 3.63) is 39.5 Å². The maximum atomic E-state index is 13.3. The van der Waals surface area contributed by atoms with Crippen molar-refractivity contribution in [3.8, 4) is 0 Å². The highest BCUT2D eigenvalue weighted by molar-refractivity contribution is 14.1. The summed E-state index contributed by atoms with van der Waals surface area (Å²) in [6.07, 6.45) is -9.71. The van der Waals surface area contributed by atoms with Crippen molar-refractivity contribution < 1.29 is 39.7 Å². The van der Waals surface area contributed by atoms with Gasteiger partial charge in [-0.1, -0.05) is 24.3 Å². The molecule has 0 aliphatic carbocycles. The van der Waals surface area contributed by atoms with Crippen LogP contribution in [-0.2, 0) is 21.5 Å². The molecule has 0 radical (unpaired) electrons. The van der Waals surface area contributed by atoms with E-state index in [-0.39, 0.29) is 5.56 Å². The van der Waals surface area contributed by atoms with Crippen LogP contribution in [0.3, 0.4) is 0 Å². The molecule has 0 amide bonds. The molecular weight excluding hydrogens is 474 g/mol. The summed E-state index contributed by atoms with van der Waals surface area (Å²) in [5.41, 5.74) is 1.53. The minimum absolute atomic E-state index is 0.116. The van der Waals surface area contributed by atoms with E-state index in [0.717, 1.165) is 5.56 Å². The molecular formula is C13H12F5IO4S. The van der Waals surface area contributed by atoms with Crippen molar-refractivity contribution in [3.63, 3.8) is 0 Å². The number of benzene rings is 1. The van der Waals surface area contributed by atoms with Crippen LogP contribution in [0.4, 0.5) is 22.0 Å². The fraction of sp³-hybridized carbons (Fsp3) is 0.385. The lowest BCUT2D eigenvalue weighted by Crippen LogP contribution is -2.51. The quantitative estimate of drug-likeness (QED) is 0.371. The van der Waals surface area contributed by atoms with Crippen LogP contribution in [0.15, 0.2) is 24.8 Å². The van der Waals surface area contributed by atoms with E-state index < -0.39 is 34.3 Å². The molecule has 1 atom stereocenters. The fourth-order valence-corrected chi connectivity index (χ4v) is 3.20. The average Bonchev–Trinajstić information content (AvgIpc) is 2.35. The number of alkyl halides is 5. The van der Waals surface area contributed by atoms with E-state index in [0.29, 0.717) is 9.14 Å². The summed E-state index contributed by atoms with van der Waals surface area (Å²) in [5, 5.41) is -5.53. The van der Waals surface area contributed by atoms with Gasteiger partial charge in [0.25, 0.3) is 0 Å². The zero-order valence-electron chi connectivity index (χ0n) is 12.1. The third kappa shape index (κ3) is 4.86. The summed E-state index contributed by atoms with van der Waals surface area (Å²) in [4.78, 5) is 0. The summed E-state index contributed by atoms with van der Waals surface area (Å²) in [7, 11) is -6.31. The predicted molar refractivity (Wildman–Crippen MR) is 85.0 cm³/mol. The number of hydrogen-bond donors (Lipinski definition) is 1. The Bertz CT molecular complexity index is 730. The van der Waals surface area contributed by atoms with Crippen molar-refractivity contribution in [1.82, 2.24) is 0 Å². The molecule has 0 saturated carbocycles. The van der Waals surface area contributed by atoms with Crippen LogP contribution in [0.2, 0.25) is 0 Å². The molecule has 1 aromatic carbocycles. The second-order valence-corrected chi connectivity index (χ2v) is 7.52. The minimum Gasteiger partial charge on any atom is -0.357 e. The molecule has 0 spiro atoms. The molecule has 136 valence electrons. The van der Waals surface area contributed by atoms with Crippen molar-refractivity contribution >= 4 is 38.3 Å². The van der Waals surface area contributed by atoms with Gasteiger partial charge in [-0.05, 0) is 46.7 Å². The van der Waals surface area contributed by atoms with Crippen LogP contribution in [0, 0.1) is 3.57 Å². The molecule has 24 heavy (non-hydrogen) atoms. The van der Waals surface area contributed by atoms with E-state index in [1.807, 2.05) is 22.6 Å². The highest BCUT2D eigenvalue weighted by atomic mass is 127. The predicted octanol–water partition coefficient (Wildman–Crippen LogP) is 4.25. The Hall–Kier alpha value is -0.790. The first kappa shape index (κ1) is 21.3. The van der Waals surface area contributed by atoms with E-state index in [2.05, 4.69) is 11.3 Å². The van der Waals surface area contributed by atoms with E-state index in [4.69, 9.17) is 4.55 Å². The lowest BCUT2D eigenvalue weighted by Gasteiger charge is -2.26. The van der Waals surface area contributed by atoms with Gasteiger partial charge in [-0.25, -0.2) is 0 Å². The molecule has 11 heteroatoms. The monoisotopic (exact) mass is 486 g/mol. The highest BCUT2D eigenvalue weighted by Crippen LogP contribution is 2.38. The smallest absolute Gasteiger partial charge is 0.357 e. The molecule has 1 N–H and O–H groups in total. The number of hydrogen-bond acceptors (Lipinski definition) is 3. The largest absolute Gasteiger partial charge is 0.421 e. The van der Waals surface area contributed by atoms with Gasteiger partial charge in [-0.15, -0.1) is 0 Å². The van der Waals surface area contributed by atoms with Crippen LogP contribution in [0.1, 0.15) is 18.1 Å². The Kier molecular flexibility index (Phi) is 6.39. The van der Waals surface area contributed by atoms with Crippen molar-refractivity contribution in [2.45, 2.75) is 31.1 Å². The van der Waals surface area contributed by atoms with Crippen molar-refractivity contribution in [2.75, 3.05) is 0 Å². The van der Waals surface area contributed by atoms with Crippen LogP contribution < -0.4 is 0 Å². The number of rotatable bonds is 6. The van der Waals surface area contributed by atoms with Gasteiger partial charge in [0.1, 0.15) is 0 Å². The number of ether oxygens (including phenoxy) is 1. The van der Waals surface area contributed by atoms with Gasteiger partial charge in [-0.2, -0.15) is 30.4 Å². The summed E-state index contributed by atoms with van der Waals surface area (Å²) >= 11 is 1.88. The SMILES string of the molecule is C=C(C)c1ccc(COC(C(F)(F)F)C(F)(F)S(=O)(=O)O)cc1I. The van der Waals surface area contributed by atoms with Gasteiger partial charge >= 0.3 is 21.5 Å². The van der Waals surface area contributed by atoms with E-state index >= 15 is 0 Å². The van der Waals surface area contributed by atoms with E-state index in [1.54, 1.807) is 6.92 Å². The normalized spacial score (nSPS) is 14.5. The molecule has 0 aliphatic rings. The average molecular weight is 486 g/mol. The van der Waals surface area contributed by atoms with Crippen LogP contribution in [-0.4, -0.2) is 30.5 Å². The van der Waals surface area contributed by atoms with E-state index in [1.165, 1.54) is 18.2 Å². The molecule has 0 saturated heterocycles. The van der Waals surface area contributed by atoms with Gasteiger partial charge in [-0.3, -0.25) is 4.55 Å². The first-order valence-electron chi connectivity index (χ1n) is 6.15. The zero-order chi connectivity index (χ0) is 18.9. The maximum Gasteiger partial charge on any atom is 0.421 e. The fourth-order valence-electron chi connectivity index (χ4n) is 1.69. The third-order valence-corrected chi connectivity index (χ3v) is 4.65. The molecule has 1 unspecified atom stereocenters. The Morgan fingerprint density at radius 2 is 1.88 bits per heavy atom. The topological polar surface area (TPSA) is 63.6 Å². The first-order valence-corrected chi connectivity index (χ1v) is 8.67.